The number of piperazine rings is 1. The van der Waals surface area contributed by atoms with Gasteiger partial charge in [0.25, 0.3) is 0 Å². The summed E-state index contributed by atoms with van der Waals surface area (Å²) in [6.45, 7) is 5.38. The van der Waals surface area contributed by atoms with E-state index in [-0.39, 0.29) is 18.1 Å². The van der Waals surface area contributed by atoms with Crippen molar-refractivity contribution in [2.75, 3.05) is 53.6 Å². The number of aliphatic imine (C=N–C) groups is 2. The molecule has 1 saturated heterocycles. The summed E-state index contributed by atoms with van der Waals surface area (Å²) in [6, 6.07) is 0.165. The van der Waals surface area contributed by atoms with Crippen LogP contribution >= 0.6 is 0 Å². The van der Waals surface area contributed by atoms with Crippen LogP contribution in [0.3, 0.4) is 0 Å². The summed E-state index contributed by atoms with van der Waals surface area (Å²) in [7, 11) is 3.85. The van der Waals surface area contributed by atoms with E-state index in [1.165, 1.54) is 0 Å². The molecule has 1 fully saturated rings. The molecule has 146 valence electrons. The third-order valence-corrected chi connectivity index (χ3v) is 5.49. The van der Waals surface area contributed by atoms with Crippen molar-refractivity contribution in [3.63, 3.8) is 0 Å². The lowest BCUT2D eigenvalue weighted by Gasteiger charge is -2.37. The number of likely N-dealkylation sites (N-methyl/N-ethyl adjacent to an activating group) is 1. The first-order valence-electron chi connectivity index (χ1n) is 9.61. The van der Waals surface area contributed by atoms with Crippen molar-refractivity contribution < 1.29 is 9.47 Å². The van der Waals surface area contributed by atoms with E-state index in [0.717, 1.165) is 49.8 Å². The molecule has 0 radical (unpaired) electrons. The lowest BCUT2D eigenvalue weighted by Crippen LogP contribution is -2.50. The van der Waals surface area contributed by atoms with Crippen LogP contribution in [0.15, 0.2) is 39.1 Å². The summed E-state index contributed by atoms with van der Waals surface area (Å²) >= 11 is 0. The smallest absolute Gasteiger partial charge is 0.115 e. The maximum absolute atomic E-state index is 5.78. The molecule has 0 aromatic heterocycles. The van der Waals surface area contributed by atoms with E-state index in [1.807, 2.05) is 6.08 Å². The third kappa shape index (κ3) is 4.12. The van der Waals surface area contributed by atoms with Gasteiger partial charge in [0.15, 0.2) is 0 Å². The molecule has 0 aromatic rings. The Hall–Kier alpha value is -2.03. The predicted octanol–water partition coefficient (Wildman–Crippen LogP) is 0.494. The van der Waals surface area contributed by atoms with Crippen molar-refractivity contribution in [2.45, 2.75) is 18.6 Å². The second-order valence-electron chi connectivity index (χ2n) is 7.31. The zero-order valence-corrected chi connectivity index (χ0v) is 16.0. The van der Waals surface area contributed by atoms with Crippen LogP contribution in [0, 0.1) is 5.92 Å². The van der Waals surface area contributed by atoms with E-state index in [9.17, 15) is 0 Å². The number of hydrogen-bond acceptors (Lipinski definition) is 8. The van der Waals surface area contributed by atoms with Crippen LogP contribution in [0.4, 0.5) is 0 Å². The summed E-state index contributed by atoms with van der Waals surface area (Å²) in [5, 5.41) is 4.60. The molecule has 8 heteroatoms. The molecule has 3 aliphatic heterocycles. The Bertz CT molecular complexity index is 690. The van der Waals surface area contributed by atoms with E-state index in [1.54, 1.807) is 13.4 Å². The van der Waals surface area contributed by atoms with Gasteiger partial charge in [-0.05, 0) is 19.2 Å². The largest absolute Gasteiger partial charge is 0.492 e. The number of fused-ring (bicyclic) bond motifs is 1. The fourth-order valence-corrected chi connectivity index (χ4v) is 3.81. The Morgan fingerprint density at radius 1 is 1.22 bits per heavy atom. The first kappa shape index (κ1) is 18.3. The second-order valence-corrected chi connectivity index (χ2v) is 7.31. The molecule has 0 amide bonds. The average Bonchev–Trinajstić information content (AvgIpc) is 3.12. The van der Waals surface area contributed by atoms with Gasteiger partial charge in [0.2, 0.25) is 0 Å². The number of hydrazone groups is 1. The second kappa shape index (κ2) is 8.33. The van der Waals surface area contributed by atoms with E-state index in [0.29, 0.717) is 13.2 Å². The summed E-state index contributed by atoms with van der Waals surface area (Å²) < 4.78 is 10.8. The zero-order valence-electron chi connectivity index (χ0n) is 16.0. The first-order valence-corrected chi connectivity index (χ1v) is 9.61. The molecule has 27 heavy (non-hydrogen) atoms. The van der Waals surface area contributed by atoms with Gasteiger partial charge in [0.05, 0.1) is 30.0 Å². The molecule has 1 aliphatic carbocycles. The Kier molecular flexibility index (Phi) is 5.66. The van der Waals surface area contributed by atoms with Gasteiger partial charge in [-0.1, -0.05) is 6.08 Å². The van der Waals surface area contributed by atoms with Gasteiger partial charge in [-0.3, -0.25) is 9.89 Å². The number of ether oxygens (including phenoxy) is 2. The quantitative estimate of drug-likeness (QED) is 0.687. The van der Waals surface area contributed by atoms with Crippen LogP contribution in [0.5, 0.6) is 0 Å². The lowest BCUT2D eigenvalue weighted by molar-refractivity contribution is 0.113. The highest BCUT2D eigenvalue weighted by atomic mass is 16.5. The summed E-state index contributed by atoms with van der Waals surface area (Å²) in [4.78, 5) is 14.0. The number of nitrogens with zero attached hydrogens (tertiary/aromatic N) is 5. The number of hydrogen-bond donors (Lipinski definition) is 1. The van der Waals surface area contributed by atoms with Crippen molar-refractivity contribution in [1.82, 2.24) is 15.2 Å². The van der Waals surface area contributed by atoms with Crippen LogP contribution in [0.2, 0.25) is 0 Å². The van der Waals surface area contributed by atoms with Crippen molar-refractivity contribution in [2.24, 2.45) is 21.0 Å². The van der Waals surface area contributed by atoms with Crippen molar-refractivity contribution in [3.8, 4) is 0 Å². The van der Waals surface area contributed by atoms with Crippen LogP contribution < -0.4 is 5.43 Å². The fourth-order valence-electron chi connectivity index (χ4n) is 3.81. The van der Waals surface area contributed by atoms with Crippen molar-refractivity contribution >= 4 is 17.8 Å². The minimum atomic E-state index is 0.144. The fraction of sp³-hybridized carbons (Fsp3) is 0.632. The number of methoxy groups -OCH3 is 1. The molecule has 3 unspecified atom stereocenters. The average molecular weight is 372 g/mol. The van der Waals surface area contributed by atoms with Crippen molar-refractivity contribution in [1.29, 1.82) is 0 Å². The Labute approximate surface area is 160 Å². The molecule has 0 spiro atoms. The molecule has 4 rings (SSSR count). The van der Waals surface area contributed by atoms with Gasteiger partial charge in [0.1, 0.15) is 24.9 Å². The minimum Gasteiger partial charge on any atom is -0.492 e. The maximum atomic E-state index is 5.78. The van der Waals surface area contributed by atoms with Gasteiger partial charge >= 0.3 is 0 Å². The Morgan fingerprint density at radius 3 is 2.89 bits per heavy atom. The highest BCUT2D eigenvalue weighted by Crippen LogP contribution is 2.26. The lowest BCUT2D eigenvalue weighted by atomic mass is 9.88. The van der Waals surface area contributed by atoms with Crippen LogP contribution in [0.1, 0.15) is 6.42 Å². The summed E-state index contributed by atoms with van der Waals surface area (Å²) in [5.41, 5.74) is 5.25. The van der Waals surface area contributed by atoms with E-state index in [2.05, 4.69) is 49.5 Å². The summed E-state index contributed by atoms with van der Waals surface area (Å²) in [6.07, 6.45) is 8.92. The Morgan fingerprint density at radius 2 is 2.07 bits per heavy atom. The van der Waals surface area contributed by atoms with Gasteiger partial charge < -0.3 is 19.8 Å². The van der Waals surface area contributed by atoms with Crippen molar-refractivity contribution in [3.05, 3.63) is 24.0 Å². The normalized spacial score (nSPS) is 31.0. The monoisotopic (exact) mass is 372 g/mol. The first-order chi connectivity index (χ1) is 13.2. The third-order valence-electron chi connectivity index (χ3n) is 5.49. The molecule has 1 N–H and O–H groups in total. The van der Waals surface area contributed by atoms with Crippen LogP contribution in [0.25, 0.3) is 0 Å². The SMILES string of the molecule is COCCOC1=CC2C(C3=NC=NC(N4CCN(C)CC4)C3)=NNC2C=C1. The van der Waals surface area contributed by atoms with Crippen LogP contribution in [-0.4, -0.2) is 93.3 Å². The van der Waals surface area contributed by atoms with Gasteiger partial charge in [-0.2, -0.15) is 5.10 Å². The van der Waals surface area contributed by atoms with E-state index in [4.69, 9.17) is 9.47 Å². The highest BCUT2D eigenvalue weighted by molar-refractivity contribution is 6.45. The van der Waals surface area contributed by atoms with Gasteiger partial charge in [0, 0.05) is 39.7 Å². The molecule has 0 saturated carbocycles. The van der Waals surface area contributed by atoms with Gasteiger partial charge in [-0.15, -0.1) is 0 Å². The number of allylic oxidation sites excluding steroid dienone is 1. The molecule has 0 aromatic carbocycles. The zero-order chi connectivity index (χ0) is 18.6. The standard InChI is InChI=1S/C19H28N6O2/c1-24-5-7-25(8-6-24)18-12-17(20-13-21-18)19-15-11-14(27-10-9-26-2)3-4-16(15)22-23-19/h3-4,11,13,15-16,18,22H,5-10,12H2,1-2H3. The van der Waals surface area contributed by atoms with E-state index < -0.39 is 0 Å². The molecule has 3 atom stereocenters. The topological polar surface area (TPSA) is 74.0 Å². The molecule has 4 aliphatic rings. The number of nitrogens with one attached hydrogen (secondary N) is 1. The predicted molar refractivity (Wildman–Crippen MR) is 106 cm³/mol. The highest BCUT2D eigenvalue weighted by Gasteiger charge is 2.36. The maximum Gasteiger partial charge on any atom is 0.115 e. The molecule has 3 heterocycles. The molecule has 0 bridgehead atoms. The molecule has 8 nitrogen and oxygen atoms in total. The summed E-state index contributed by atoms with van der Waals surface area (Å²) in [5.74, 6) is 1.01. The van der Waals surface area contributed by atoms with E-state index >= 15 is 0 Å². The Balaban J connectivity index is 1.41. The number of rotatable bonds is 6. The van der Waals surface area contributed by atoms with Gasteiger partial charge in [-0.25, -0.2) is 4.99 Å². The molecular formula is C19H28N6O2. The minimum absolute atomic E-state index is 0.144. The van der Waals surface area contributed by atoms with Crippen LogP contribution in [-0.2, 0) is 9.47 Å². The molecular weight excluding hydrogens is 344 g/mol.